The van der Waals surface area contributed by atoms with Gasteiger partial charge in [0, 0.05) is 25.4 Å². The van der Waals surface area contributed by atoms with Gasteiger partial charge >= 0.3 is 0 Å². The van der Waals surface area contributed by atoms with Crippen LogP contribution in [0.15, 0.2) is 34.5 Å². The molecule has 0 atom stereocenters. The summed E-state index contributed by atoms with van der Waals surface area (Å²) in [7, 11) is 0. The molecule has 7 heteroatoms. The van der Waals surface area contributed by atoms with Gasteiger partial charge in [-0.1, -0.05) is 0 Å². The fraction of sp³-hybridized carbons (Fsp3) is 0.412. The van der Waals surface area contributed by atoms with Crippen LogP contribution in [-0.4, -0.2) is 30.7 Å². The quantitative estimate of drug-likeness (QED) is 0.518. The molecule has 0 amide bonds. The van der Waals surface area contributed by atoms with Crippen LogP contribution in [0.5, 0.6) is 0 Å². The Morgan fingerprint density at radius 1 is 1.25 bits per heavy atom. The zero-order valence-electron chi connectivity index (χ0n) is 14.2. The number of azo groups is 1. The first-order valence-corrected chi connectivity index (χ1v) is 8.67. The SMILES string of the molecule is CCOCCN(CC)c1ccc(/N=N/c2snc(C)c2C#N)cc1. The number of nitriles is 1. The van der Waals surface area contributed by atoms with Gasteiger partial charge in [-0.3, -0.25) is 0 Å². The number of anilines is 1. The number of nitrogens with zero attached hydrogens (tertiary/aromatic N) is 5. The molecular weight excluding hydrogens is 322 g/mol. The van der Waals surface area contributed by atoms with Crippen molar-refractivity contribution in [3.05, 3.63) is 35.5 Å². The second-order valence-electron chi connectivity index (χ2n) is 5.05. The Bertz CT molecular complexity index is 718. The van der Waals surface area contributed by atoms with Gasteiger partial charge in [0.05, 0.1) is 18.0 Å². The third-order valence-electron chi connectivity index (χ3n) is 3.52. The molecule has 1 aromatic carbocycles. The summed E-state index contributed by atoms with van der Waals surface area (Å²) in [5.74, 6) is 0. The van der Waals surface area contributed by atoms with E-state index >= 15 is 0 Å². The highest BCUT2D eigenvalue weighted by Gasteiger charge is 2.09. The van der Waals surface area contributed by atoms with E-state index in [0.29, 0.717) is 22.9 Å². The summed E-state index contributed by atoms with van der Waals surface area (Å²) in [4.78, 5) is 2.25. The summed E-state index contributed by atoms with van der Waals surface area (Å²) in [6, 6.07) is 9.99. The van der Waals surface area contributed by atoms with Crippen molar-refractivity contribution in [2.75, 3.05) is 31.2 Å². The van der Waals surface area contributed by atoms with Crippen LogP contribution in [0.1, 0.15) is 25.1 Å². The standard InChI is InChI=1S/C17H21N5OS/c1-4-22(10-11-23-5-2)15-8-6-14(7-9-15)19-20-17-16(12-18)13(3)21-24-17/h6-9H,4-5,10-11H2,1-3H3/b20-19+. The highest BCUT2D eigenvalue weighted by Crippen LogP contribution is 2.29. The molecule has 0 fully saturated rings. The maximum absolute atomic E-state index is 9.10. The summed E-state index contributed by atoms with van der Waals surface area (Å²) in [5.41, 5.74) is 3.06. The van der Waals surface area contributed by atoms with Gasteiger partial charge in [0.2, 0.25) is 0 Å². The summed E-state index contributed by atoms with van der Waals surface area (Å²) >= 11 is 1.19. The second-order valence-corrected chi connectivity index (χ2v) is 5.80. The van der Waals surface area contributed by atoms with Gasteiger partial charge in [0.1, 0.15) is 11.6 Å². The molecule has 0 N–H and O–H groups in total. The van der Waals surface area contributed by atoms with Gasteiger partial charge in [-0.25, -0.2) is 0 Å². The van der Waals surface area contributed by atoms with E-state index in [9.17, 15) is 0 Å². The Balaban J connectivity index is 2.06. The number of hydrogen-bond acceptors (Lipinski definition) is 7. The minimum Gasteiger partial charge on any atom is -0.380 e. The van der Waals surface area contributed by atoms with Crippen molar-refractivity contribution in [1.82, 2.24) is 4.37 Å². The van der Waals surface area contributed by atoms with Crippen molar-refractivity contribution in [3.8, 4) is 6.07 Å². The summed E-state index contributed by atoms with van der Waals surface area (Å²) < 4.78 is 9.55. The Kier molecular flexibility index (Phi) is 6.85. The fourth-order valence-corrected chi connectivity index (χ4v) is 2.85. The van der Waals surface area contributed by atoms with Crippen LogP contribution in [0.25, 0.3) is 0 Å². The highest BCUT2D eigenvalue weighted by molar-refractivity contribution is 7.10. The van der Waals surface area contributed by atoms with E-state index in [2.05, 4.69) is 32.5 Å². The van der Waals surface area contributed by atoms with E-state index in [-0.39, 0.29) is 0 Å². The van der Waals surface area contributed by atoms with Gasteiger partial charge in [-0.2, -0.15) is 9.64 Å². The van der Waals surface area contributed by atoms with Crippen LogP contribution in [0, 0.1) is 18.3 Å². The number of aromatic nitrogens is 1. The summed E-state index contributed by atoms with van der Waals surface area (Å²) in [6.45, 7) is 9.14. The maximum Gasteiger partial charge on any atom is 0.176 e. The predicted octanol–water partition coefficient (Wildman–Crippen LogP) is 4.60. The first-order chi connectivity index (χ1) is 11.7. The summed E-state index contributed by atoms with van der Waals surface area (Å²) in [6.07, 6.45) is 0. The van der Waals surface area contributed by atoms with Gasteiger partial charge in [-0.15, -0.1) is 10.2 Å². The molecule has 0 aliphatic heterocycles. The number of ether oxygens (including phenoxy) is 1. The van der Waals surface area contributed by atoms with Crippen molar-refractivity contribution in [2.24, 2.45) is 10.2 Å². The average molecular weight is 343 g/mol. The predicted molar refractivity (Wildman–Crippen MR) is 96.6 cm³/mol. The van der Waals surface area contributed by atoms with Gasteiger partial charge < -0.3 is 9.64 Å². The first-order valence-electron chi connectivity index (χ1n) is 7.90. The molecule has 24 heavy (non-hydrogen) atoms. The lowest BCUT2D eigenvalue weighted by molar-refractivity contribution is 0.154. The minimum absolute atomic E-state index is 0.494. The maximum atomic E-state index is 9.10. The normalized spacial score (nSPS) is 10.9. The molecule has 0 spiro atoms. The molecule has 126 valence electrons. The Labute approximate surface area is 146 Å². The lowest BCUT2D eigenvalue weighted by Gasteiger charge is -2.22. The van der Waals surface area contributed by atoms with Crippen LogP contribution >= 0.6 is 11.5 Å². The first kappa shape index (κ1) is 18.0. The zero-order chi connectivity index (χ0) is 17.4. The van der Waals surface area contributed by atoms with Crippen LogP contribution in [0.3, 0.4) is 0 Å². The molecular formula is C17H21N5OS. The third-order valence-corrected chi connectivity index (χ3v) is 4.34. The minimum atomic E-state index is 0.494. The van der Waals surface area contributed by atoms with E-state index in [1.54, 1.807) is 6.92 Å². The highest BCUT2D eigenvalue weighted by atomic mass is 32.1. The Morgan fingerprint density at radius 3 is 2.62 bits per heavy atom. The molecule has 0 saturated carbocycles. The Hall–Kier alpha value is -2.30. The lowest BCUT2D eigenvalue weighted by atomic mass is 10.2. The molecule has 2 aromatic rings. The van der Waals surface area contributed by atoms with Gasteiger partial charge in [-0.05, 0) is 56.6 Å². The van der Waals surface area contributed by atoms with Crippen LogP contribution in [0.4, 0.5) is 16.4 Å². The molecule has 1 aromatic heterocycles. The number of likely N-dealkylation sites (N-methyl/N-ethyl adjacent to an activating group) is 1. The largest absolute Gasteiger partial charge is 0.380 e. The van der Waals surface area contributed by atoms with E-state index in [1.165, 1.54) is 11.5 Å². The van der Waals surface area contributed by atoms with Crippen LogP contribution < -0.4 is 4.90 Å². The molecule has 0 aliphatic rings. The lowest BCUT2D eigenvalue weighted by Crippen LogP contribution is -2.26. The molecule has 1 heterocycles. The van der Waals surface area contributed by atoms with E-state index < -0.39 is 0 Å². The molecule has 0 aliphatic carbocycles. The van der Waals surface area contributed by atoms with Crippen molar-refractivity contribution in [3.63, 3.8) is 0 Å². The topological polar surface area (TPSA) is 73.9 Å². The average Bonchev–Trinajstić information content (AvgIpc) is 2.97. The smallest absolute Gasteiger partial charge is 0.176 e. The van der Waals surface area contributed by atoms with Crippen LogP contribution in [0.2, 0.25) is 0 Å². The van der Waals surface area contributed by atoms with Crippen molar-refractivity contribution in [1.29, 1.82) is 5.26 Å². The summed E-state index contributed by atoms with van der Waals surface area (Å²) in [5, 5.41) is 18.0. The molecule has 0 saturated heterocycles. The van der Waals surface area contributed by atoms with E-state index in [0.717, 1.165) is 31.1 Å². The number of hydrogen-bond donors (Lipinski definition) is 0. The number of rotatable bonds is 8. The number of aryl methyl sites for hydroxylation is 1. The van der Waals surface area contributed by atoms with Gasteiger partial charge in [0.25, 0.3) is 0 Å². The number of benzene rings is 1. The Morgan fingerprint density at radius 2 is 2.00 bits per heavy atom. The second kappa shape index (κ2) is 9.11. The molecule has 0 unspecified atom stereocenters. The third kappa shape index (κ3) is 4.60. The van der Waals surface area contributed by atoms with Crippen molar-refractivity contribution in [2.45, 2.75) is 20.8 Å². The van der Waals surface area contributed by atoms with Crippen LogP contribution in [-0.2, 0) is 4.74 Å². The molecule has 2 rings (SSSR count). The fourth-order valence-electron chi connectivity index (χ4n) is 2.18. The monoisotopic (exact) mass is 343 g/mol. The van der Waals surface area contributed by atoms with E-state index in [4.69, 9.17) is 10.00 Å². The van der Waals surface area contributed by atoms with Crippen molar-refractivity contribution >= 4 is 27.9 Å². The van der Waals surface area contributed by atoms with Crippen molar-refractivity contribution < 1.29 is 4.74 Å². The molecule has 6 nitrogen and oxygen atoms in total. The van der Waals surface area contributed by atoms with E-state index in [1.807, 2.05) is 31.2 Å². The zero-order valence-corrected chi connectivity index (χ0v) is 15.0. The van der Waals surface area contributed by atoms with Gasteiger partial charge in [0.15, 0.2) is 5.00 Å². The molecule has 0 bridgehead atoms. The molecule has 0 radical (unpaired) electrons.